The molecule has 6 rings (SSSR count). The molecule has 2 aliphatic heterocycles. The molecule has 2 saturated heterocycles. The van der Waals surface area contributed by atoms with Gasteiger partial charge in [0.15, 0.2) is 5.83 Å². The number of ether oxygens (including phenoxy) is 1. The number of benzene rings is 2. The minimum atomic E-state index is -1.11. The lowest BCUT2D eigenvalue weighted by Gasteiger charge is -2.35. The van der Waals surface area contributed by atoms with Crippen molar-refractivity contribution >= 4 is 34.0 Å². The number of halogens is 2. The summed E-state index contributed by atoms with van der Waals surface area (Å²) >= 11 is 0. The van der Waals surface area contributed by atoms with E-state index in [0.29, 0.717) is 45.5 Å². The largest absolute Gasteiger partial charge is 0.487 e. The number of carbonyl (C=O) groups excluding carboxylic acids is 1. The second kappa shape index (κ2) is 12.4. The van der Waals surface area contributed by atoms with Gasteiger partial charge in [-0.1, -0.05) is 18.7 Å². The summed E-state index contributed by atoms with van der Waals surface area (Å²) in [5, 5.41) is 6.41. The van der Waals surface area contributed by atoms with E-state index in [-0.39, 0.29) is 17.6 Å². The zero-order chi connectivity index (χ0) is 29.9. The summed E-state index contributed by atoms with van der Waals surface area (Å²) < 4.78 is 34.6. The molecule has 2 N–H and O–H groups in total. The van der Waals surface area contributed by atoms with Gasteiger partial charge in [0.2, 0.25) is 0 Å². The molecule has 11 heteroatoms. The summed E-state index contributed by atoms with van der Waals surface area (Å²) in [4.78, 5) is 30.3. The van der Waals surface area contributed by atoms with Crippen LogP contribution in [0.2, 0.25) is 0 Å². The molecule has 0 bridgehead atoms. The first kappa shape index (κ1) is 28.6. The second-order valence-corrected chi connectivity index (χ2v) is 11.0. The number of piperidine rings is 1. The summed E-state index contributed by atoms with van der Waals surface area (Å²) in [6, 6.07) is 13.8. The standard InChI is InChI=1S/C32H33F2N7O2/c1-20(33)32(42)39-29-16-25-28(17-30(29)43-23-10-14-41(18-23)22-8-12-40(2)13-9-22)36-19-37-31(25)38-21-7-11-35-27(15-21)24-5-3-4-6-26(24)34/h3-7,11,15-17,19,22-23H,1,8-10,12-14,18H2,2H3,(H,39,42)(H,35,36,37,38). The highest BCUT2D eigenvalue weighted by Crippen LogP contribution is 2.36. The Balaban J connectivity index is 1.28. The maximum absolute atomic E-state index is 14.4. The zero-order valence-electron chi connectivity index (χ0n) is 23.9. The van der Waals surface area contributed by atoms with Gasteiger partial charge in [-0.25, -0.2) is 18.7 Å². The third-order valence-electron chi connectivity index (χ3n) is 8.08. The van der Waals surface area contributed by atoms with E-state index in [1.54, 1.807) is 48.7 Å². The average Bonchev–Trinajstić information content (AvgIpc) is 3.47. The third kappa shape index (κ3) is 6.47. The van der Waals surface area contributed by atoms with E-state index in [1.807, 2.05) is 0 Å². The van der Waals surface area contributed by atoms with Crippen molar-refractivity contribution < 1.29 is 18.3 Å². The van der Waals surface area contributed by atoms with E-state index in [9.17, 15) is 13.6 Å². The van der Waals surface area contributed by atoms with Crippen LogP contribution in [-0.2, 0) is 4.79 Å². The number of aromatic nitrogens is 3. The van der Waals surface area contributed by atoms with Crippen LogP contribution in [0, 0.1) is 5.82 Å². The van der Waals surface area contributed by atoms with Gasteiger partial charge in [-0.15, -0.1) is 0 Å². The van der Waals surface area contributed by atoms with Crippen molar-refractivity contribution in [3.63, 3.8) is 0 Å². The van der Waals surface area contributed by atoms with Gasteiger partial charge >= 0.3 is 0 Å². The highest BCUT2D eigenvalue weighted by atomic mass is 19.1. The molecule has 2 fully saturated rings. The Hall–Kier alpha value is -4.48. The van der Waals surface area contributed by atoms with Crippen LogP contribution < -0.4 is 15.4 Å². The number of carbonyl (C=O) groups is 1. The lowest BCUT2D eigenvalue weighted by Crippen LogP contribution is -2.43. The number of hydrogen-bond donors (Lipinski definition) is 2. The van der Waals surface area contributed by atoms with Crippen LogP contribution in [0.3, 0.4) is 0 Å². The number of likely N-dealkylation sites (tertiary alicyclic amines) is 2. The number of rotatable bonds is 8. The third-order valence-corrected chi connectivity index (χ3v) is 8.08. The van der Waals surface area contributed by atoms with Crippen LogP contribution in [0.1, 0.15) is 19.3 Å². The first-order valence-electron chi connectivity index (χ1n) is 14.4. The molecule has 9 nitrogen and oxygen atoms in total. The predicted octanol–water partition coefficient (Wildman–Crippen LogP) is 5.54. The van der Waals surface area contributed by atoms with Gasteiger partial charge in [-0.2, -0.15) is 0 Å². The molecule has 2 aliphatic rings. The van der Waals surface area contributed by atoms with Gasteiger partial charge in [-0.05, 0) is 69.7 Å². The summed E-state index contributed by atoms with van der Waals surface area (Å²) in [6.45, 7) is 7.01. The minimum absolute atomic E-state index is 0.0885. The number of nitrogens with zero attached hydrogens (tertiary/aromatic N) is 5. The molecule has 1 atom stereocenters. The fourth-order valence-corrected chi connectivity index (χ4v) is 5.75. The van der Waals surface area contributed by atoms with E-state index < -0.39 is 11.7 Å². The summed E-state index contributed by atoms with van der Waals surface area (Å²) in [6.07, 6.45) is 6.02. The smallest absolute Gasteiger partial charge is 0.283 e. The highest BCUT2D eigenvalue weighted by molar-refractivity contribution is 6.05. The normalized spacial score (nSPS) is 18.1. The van der Waals surface area contributed by atoms with Crippen molar-refractivity contribution in [1.82, 2.24) is 24.8 Å². The van der Waals surface area contributed by atoms with Crippen LogP contribution in [0.5, 0.6) is 5.75 Å². The number of pyridine rings is 1. The maximum atomic E-state index is 14.4. The monoisotopic (exact) mass is 585 g/mol. The van der Waals surface area contributed by atoms with Crippen molar-refractivity contribution in [3.05, 3.63) is 79.3 Å². The molecule has 2 aromatic heterocycles. The predicted molar refractivity (Wildman–Crippen MR) is 162 cm³/mol. The van der Waals surface area contributed by atoms with Crippen molar-refractivity contribution in [3.8, 4) is 17.0 Å². The summed E-state index contributed by atoms with van der Waals surface area (Å²) in [5.41, 5.74) is 2.30. The van der Waals surface area contributed by atoms with Crippen LogP contribution in [-0.4, -0.2) is 76.0 Å². The van der Waals surface area contributed by atoms with Crippen LogP contribution in [0.25, 0.3) is 22.2 Å². The summed E-state index contributed by atoms with van der Waals surface area (Å²) in [5.74, 6) is -1.61. The quantitative estimate of drug-likeness (QED) is 0.260. The molecule has 222 valence electrons. The molecule has 0 radical (unpaired) electrons. The second-order valence-electron chi connectivity index (χ2n) is 11.0. The summed E-state index contributed by atoms with van der Waals surface area (Å²) in [7, 11) is 2.15. The van der Waals surface area contributed by atoms with Crippen molar-refractivity contribution in [2.45, 2.75) is 31.4 Å². The Morgan fingerprint density at radius 2 is 1.86 bits per heavy atom. The molecule has 0 saturated carbocycles. The molecule has 0 spiro atoms. The Kier molecular flexibility index (Phi) is 8.26. The van der Waals surface area contributed by atoms with Crippen LogP contribution >= 0.6 is 0 Å². The molecule has 1 unspecified atom stereocenters. The first-order chi connectivity index (χ1) is 20.8. The molecule has 4 heterocycles. The molecule has 1 amide bonds. The van der Waals surface area contributed by atoms with E-state index in [2.05, 4.69) is 49.0 Å². The number of hydrogen-bond acceptors (Lipinski definition) is 8. The Morgan fingerprint density at radius 1 is 1.05 bits per heavy atom. The minimum Gasteiger partial charge on any atom is -0.487 e. The Morgan fingerprint density at radius 3 is 2.65 bits per heavy atom. The highest BCUT2D eigenvalue weighted by Gasteiger charge is 2.31. The fourth-order valence-electron chi connectivity index (χ4n) is 5.75. The number of fused-ring (bicyclic) bond motifs is 1. The van der Waals surface area contributed by atoms with E-state index in [4.69, 9.17) is 4.74 Å². The van der Waals surface area contributed by atoms with Gasteiger partial charge in [0.1, 0.15) is 29.8 Å². The molecule has 2 aromatic carbocycles. The molecule has 0 aliphatic carbocycles. The zero-order valence-corrected chi connectivity index (χ0v) is 23.9. The van der Waals surface area contributed by atoms with Gasteiger partial charge in [0, 0.05) is 48.0 Å². The van der Waals surface area contributed by atoms with Crippen molar-refractivity contribution in [2.24, 2.45) is 0 Å². The molecular formula is C32H33F2N7O2. The van der Waals surface area contributed by atoms with Crippen molar-refractivity contribution in [2.75, 3.05) is 43.9 Å². The van der Waals surface area contributed by atoms with Crippen LogP contribution in [0.4, 0.5) is 26.0 Å². The fraction of sp³-hybridized carbons (Fsp3) is 0.312. The van der Waals surface area contributed by atoms with Crippen LogP contribution in [0.15, 0.2) is 73.5 Å². The Labute approximate surface area is 248 Å². The van der Waals surface area contributed by atoms with Gasteiger partial charge in [0.25, 0.3) is 5.91 Å². The average molecular weight is 586 g/mol. The van der Waals surface area contributed by atoms with E-state index >= 15 is 0 Å². The molecule has 4 aromatic rings. The number of nitrogens with one attached hydrogen (secondary N) is 2. The SMILES string of the molecule is C=C(F)C(=O)Nc1cc2c(Nc3ccnc(-c4ccccc4F)c3)ncnc2cc1OC1CCN(C2CCN(C)CC2)C1. The van der Waals surface area contributed by atoms with Gasteiger partial charge in [-0.3, -0.25) is 14.7 Å². The molecular weight excluding hydrogens is 552 g/mol. The lowest BCUT2D eigenvalue weighted by atomic mass is 10.0. The first-order valence-corrected chi connectivity index (χ1v) is 14.4. The number of amides is 1. The Bertz CT molecular complexity index is 1660. The van der Waals surface area contributed by atoms with Gasteiger partial charge in [0.05, 0.1) is 16.9 Å². The lowest BCUT2D eigenvalue weighted by molar-refractivity contribution is -0.114. The van der Waals surface area contributed by atoms with E-state index in [0.717, 1.165) is 45.4 Å². The van der Waals surface area contributed by atoms with E-state index in [1.165, 1.54) is 12.4 Å². The molecule has 43 heavy (non-hydrogen) atoms. The van der Waals surface area contributed by atoms with Crippen molar-refractivity contribution in [1.29, 1.82) is 0 Å². The number of anilines is 3. The topological polar surface area (TPSA) is 95.5 Å². The van der Waals surface area contributed by atoms with Gasteiger partial charge < -0.3 is 20.3 Å². The maximum Gasteiger partial charge on any atom is 0.283 e.